The molecule has 1 amide bonds. The first-order valence-electron chi connectivity index (χ1n) is 6.97. The third kappa shape index (κ3) is 3.26. The van der Waals surface area contributed by atoms with Crippen LogP contribution in [0.15, 0.2) is 41.8 Å². The van der Waals surface area contributed by atoms with Gasteiger partial charge in [0.25, 0.3) is 0 Å². The van der Waals surface area contributed by atoms with Crippen molar-refractivity contribution in [3.05, 3.63) is 36.9 Å². The van der Waals surface area contributed by atoms with E-state index in [0.29, 0.717) is 17.0 Å². The summed E-state index contributed by atoms with van der Waals surface area (Å²) in [6, 6.07) is 7.71. The zero-order valence-electron chi connectivity index (χ0n) is 12.8. The number of carbonyl (C=O) groups is 1. The molecule has 2 heterocycles. The Morgan fingerprint density at radius 1 is 1.30 bits per heavy atom. The summed E-state index contributed by atoms with van der Waals surface area (Å²) in [6.45, 7) is 0.174. The van der Waals surface area contributed by atoms with Gasteiger partial charge in [-0.15, -0.1) is 11.8 Å². The Labute approximate surface area is 137 Å². The van der Waals surface area contributed by atoms with E-state index in [1.807, 2.05) is 37.6 Å². The fraction of sp³-hybridized carbons (Fsp3) is 0.200. The average Bonchev–Trinajstić information content (AvgIpc) is 3.03. The van der Waals surface area contributed by atoms with Crippen molar-refractivity contribution in [3.63, 3.8) is 0 Å². The first-order chi connectivity index (χ1) is 11.2. The number of nitrogens with zero attached hydrogens (tertiary/aromatic N) is 4. The van der Waals surface area contributed by atoms with Crippen LogP contribution in [0.5, 0.6) is 0 Å². The van der Waals surface area contributed by atoms with Crippen molar-refractivity contribution in [2.45, 2.75) is 4.90 Å². The predicted octanol–water partition coefficient (Wildman–Crippen LogP) is 2.15. The van der Waals surface area contributed by atoms with E-state index < -0.39 is 0 Å². The van der Waals surface area contributed by atoms with Gasteiger partial charge in [-0.1, -0.05) is 12.1 Å². The summed E-state index contributed by atoms with van der Waals surface area (Å²) in [7, 11) is 1.81. The van der Waals surface area contributed by atoms with Gasteiger partial charge in [-0.3, -0.25) is 4.79 Å². The van der Waals surface area contributed by atoms with Crippen molar-refractivity contribution in [3.8, 4) is 0 Å². The Morgan fingerprint density at radius 3 is 2.96 bits per heavy atom. The first kappa shape index (κ1) is 15.3. The van der Waals surface area contributed by atoms with Crippen LogP contribution in [0, 0.1) is 0 Å². The summed E-state index contributed by atoms with van der Waals surface area (Å²) >= 11 is 1.59. The number of fused-ring (bicyclic) bond motifs is 1. The van der Waals surface area contributed by atoms with Gasteiger partial charge in [0, 0.05) is 11.9 Å². The summed E-state index contributed by atoms with van der Waals surface area (Å²) in [5.74, 6) is 0.529. The molecule has 8 heteroatoms. The third-order valence-corrected chi connectivity index (χ3v) is 4.12. The summed E-state index contributed by atoms with van der Waals surface area (Å²) in [5.41, 5.74) is 2.11. The second kappa shape index (κ2) is 6.66. The molecule has 2 aromatic heterocycles. The van der Waals surface area contributed by atoms with E-state index in [1.54, 1.807) is 23.0 Å². The molecule has 0 spiro atoms. The van der Waals surface area contributed by atoms with Crippen LogP contribution in [0.3, 0.4) is 0 Å². The van der Waals surface area contributed by atoms with Gasteiger partial charge in [0.15, 0.2) is 11.5 Å². The third-order valence-electron chi connectivity index (χ3n) is 3.33. The van der Waals surface area contributed by atoms with Crippen LogP contribution in [0.1, 0.15) is 0 Å². The number of likely N-dealkylation sites (N-methyl/N-ethyl adjacent to an activating group) is 1. The van der Waals surface area contributed by atoms with Crippen LogP contribution in [-0.2, 0) is 4.79 Å². The maximum atomic E-state index is 12.3. The van der Waals surface area contributed by atoms with E-state index >= 15 is 0 Å². The maximum Gasteiger partial charge on any atom is 0.243 e. The number of hydrogen-bond donors (Lipinski definition) is 2. The van der Waals surface area contributed by atoms with E-state index in [2.05, 4.69) is 25.3 Å². The highest BCUT2D eigenvalue weighted by molar-refractivity contribution is 7.98. The van der Waals surface area contributed by atoms with Crippen molar-refractivity contribution in [2.24, 2.45) is 0 Å². The van der Waals surface area contributed by atoms with Crippen LogP contribution < -0.4 is 10.2 Å². The minimum atomic E-state index is -0.111. The predicted molar refractivity (Wildman–Crippen MR) is 91.8 cm³/mol. The number of anilines is 2. The molecule has 23 heavy (non-hydrogen) atoms. The van der Waals surface area contributed by atoms with Gasteiger partial charge in [0.05, 0.1) is 18.6 Å². The lowest BCUT2D eigenvalue weighted by Crippen LogP contribution is -2.31. The van der Waals surface area contributed by atoms with Gasteiger partial charge in [-0.2, -0.15) is 0 Å². The molecule has 1 aromatic carbocycles. The van der Waals surface area contributed by atoms with E-state index in [1.165, 1.54) is 6.33 Å². The molecule has 3 rings (SSSR count). The highest BCUT2D eigenvalue weighted by Gasteiger charge is 2.14. The van der Waals surface area contributed by atoms with Crippen molar-refractivity contribution in [1.29, 1.82) is 0 Å². The molecule has 3 aromatic rings. The van der Waals surface area contributed by atoms with Gasteiger partial charge < -0.3 is 15.2 Å². The lowest BCUT2D eigenvalue weighted by atomic mass is 10.3. The molecule has 118 valence electrons. The highest BCUT2D eigenvalue weighted by atomic mass is 32.2. The normalized spacial score (nSPS) is 10.7. The van der Waals surface area contributed by atoms with E-state index in [4.69, 9.17) is 0 Å². The highest BCUT2D eigenvalue weighted by Crippen LogP contribution is 2.24. The topological polar surface area (TPSA) is 86.8 Å². The molecule has 0 aliphatic heterocycles. The Morgan fingerprint density at radius 2 is 2.13 bits per heavy atom. The standard InChI is InChI=1S/C15H16N6OS/c1-21(15-13-14(17-8-16-13)18-9-19-15)7-12(22)20-10-5-3-4-6-11(10)23-2/h3-6,8-9H,7H2,1-2H3,(H,20,22)(H,16,17,18,19). The average molecular weight is 328 g/mol. The minimum Gasteiger partial charge on any atom is -0.348 e. The Balaban J connectivity index is 1.74. The van der Waals surface area contributed by atoms with Gasteiger partial charge in [-0.25, -0.2) is 15.0 Å². The Bertz CT molecular complexity index is 833. The number of para-hydroxylation sites is 1. The number of carbonyl (C=O) groups excluding carboxylic acids is 1. The number of benzene rings is 1. The molecule has 0 unspecified atom stereocenters. The number of rotatable bonds is 5. The number of hydrogen-bond acceptors (Lipinski definition) is 6. The number of thioether (sulfide) groups is 1. The smallest absolute Gasteiger partial charge is 0.243 e. The Hall–Kier alpha value is -2.61. The van der Waals surface area contributed by atoms with E-state index in [-0.39, 0.29) is 12.5 Å². The van der Waals surface area contributed by atoms with Crippen LogP contribution >= 0.6 is 11.8 Å². The summed E-state index contributed by atoms with van der Waals surface area (Å²) in [6.07, 6.45) is 4.98. The quantitative estimate of drug-likeness (QED) is 0.698. The van der Waals surface area contributed by atoms with Crippen LogP contribution in [-0.4, -0.2) is 45.7 Å². The molecule has 0 radical (unpaired) electrons. The van der Waals surface area contributed by atoms with Crippen LogP contribution in [0.25, 0.3) is 11.2 Å². The maximum absolute atomic E-state index is 12.3. The molecule has 0 bridgehead atoms. The summed E-state index contributed by atoms with van der Waals surface area (Å²) in [4.78, 5) is 30.5. The van der Waals surface area contributed by atoms with Crippen LogP contribution in [0.2, 0.25) is 0 Å². The van der Waals surface area contributed by atoms with E-state index in [0.717, 1.165) is 10.6 Å². The molecule has 0 atom stereocenters. The largest absolute Gasteiger partial charge is 0.348 e. The zero-order valence-corrected chi connectivity index (χ0v) is 13.6. The van der Waals surface area contributed by atoms with Gasteiger partial charge in [0.2, 0.25) is 5.91 Å². The van der Waals surface area contributed by atoms with Gasteiger partial charge in [-0.05, 0) is 18.4 Å². The molecule has 0 fully saturated rings. The molecular formula is C15H16N6OS. The second-order valence-corrected chi connectivity index (χ2v) is 5.75. The van der Waals surface area contributed by atoms with Crippen molar-refractivity contribution >= 4 is 40.3 Å². The number of H-pyrrole nitrogens is 1. The second-order valence-electron chi connectivity index (χ2n) is 4.90. The fourth-order valence-electron chi connectivity index (χ4n) is 2.27. The lowest BCUT2D eigenvalue weighted by Gasteiger charge is -2.18. The van der Waals surface area contributed by atoms with Gasteiger partial charge in [0.1, 0.15) is 11.8 Å². The number of amides is 1. The van der Waals surface area contributed by atoms with Crippen molar-refractivity contribution in [2.75, 3.05) is 30.1 Å². The lowest BCUT2D eigenvalue weighted by molar-refractivity contribution is -0.114. The summed E-state index contributed by atoms with van der Waals surface area (Å²) < 4.78 is 0. The fourth-order valence-corrected chi connectivity index (χ4v) is 2.82. The number of aromatic nitrogens is 4. The molecule has 7 nitrogen and oxygen atoms in total. The number of aromatic amines is 1. The minimum absolute atomic E-state index is 0.111. The Kier molecular flexibility index (Phi) is 4.42. The number of imidazole rings is 1. The van der Waals surface area contributed by atoms with Gasteiger partial charge >= 0.3 is 0 Å². The molecule has 0 saturated carbocycles. The monoisotopic (exact) mass is 328 g/mol. The zero-order chi connectivity index (χ0) is 16.2. The van der Waals surface area contributed by atoms with E-state index in [9.17, 15) is 4.79 Å². The first-order valence-corrected chi connectivity index (χ1v) is 8.19. The van der Waals surface area contributed by atoms with Crippen molar-refractivity contribution in [1.82, 2.24) is 19.9 Å². The number of nitrogens with one attached hydrogen (secondary N) is 2. The summed E-state index contributed by atoms with van der Waals surface area (Å²) in [5, 5.41) is 2.93. The molecule has 0 aliphatic rings. The SMILES string of the molecule is CSc1ccccc1NC(=O)CN(C)c1ncnc2nc[nH]c12. The molecule has 0 aliphatic carbocycles. The van der Waals surface area contributed by atoms with Crippen molar-refractivity contribution < 1.29 is 4.79 Å². The molecule has 2 N–H and O–H groups in total. The van der Waals surface area contributed by atoms with Crippen LogP contribution in [0.4, 0.5) is 11.5 Å². The molecular weight excluding hydrogens is 312 g/mol. The molecule has 0 saturated heterocycles.